The van der Waals surface area contributed by atoms with Gasteiger partial charge in [-0.05, 0) is 24.6 Å². The summed E-state index contributed by atoms with van der Waals surface area (Å²) in [6.45, 7) is 4.33. The van der Waals surface area contributed by atoms with Crippen molar-refractivity contribution in [2.75, 3.05) is 20.3 Å². The molecule has 18 heavy (non-hydrogen) atoms. The van der Waals surface area contributed by atoms with E-state index in [0.29, 0.717) is 0 Å². The molecule has 0 aromatic carbocycles. The minimum absolute atomic E-state index is 0.720. The molecule has 0 bridgehead atoms. The lowest BCUT2D eigenvalue weighted by atomic mass is 10.3. The number of ether oxygens (including phenoxy) is 1. The molecule has 1 N–H and O–H groups in total. The molecule has 0 atom stereocenters. The van der Waals surface area contributed by atoms with Gasteiger partial charge in [0.2, 0.25) is 0 Å². The smallest absolute Gasteiger partial charge is 0.153 e. The van der Waals surface area contributed by atoms with Crippen molar-refractivity contribution in [3.05, 3.63) is 41.9 Å². The maximum Gasteiger partial charge on any atom is 0.153 e. The molecule has 0 fully saturated rings. The maximum atomic E-state index is 4.97. The molecule has 0 aliphatic carbocycles. The minimum atomic E-state index is 0.720. The van der Waals surface area contributed by atoms with Crippen molar-refractivity contribution in [1.29, 1.82) is 0 Å². The molecule has 2 aromatic rings. The highest BCUT2D eigenvalue weighted by atomic mass is 16.5. The van der Waals surface area contributed by atoms with Crippen molar-refractivity contribution < 1.29 is 4.74 Å². The lowest BCUT2D eigenvalue weighted by Crippen LogP contribution is -2.18. The summed E-state index contributed by atoms with van der Waals surface area (Å²) in [4.78, 5) is 4.39. The zero-order valence-electron chi connectivity index (χ0n) is 10.8. The topological polar surface area (TPSA) is 52.0 Å². The second-order valence-corrected chi connectivity index (χ2v) is 4.10. The summed E-state index contributed by atoms with van der Waals surface area (Å²) in [5, 5.41) is 7.60. The quantitative estimate of drug-likeness (QED) is 0.781. The van der Waals surface area contributed by atoms with E-state index in [2.05, 4.69) is 21.5 Å². The van der Waals surface area contributed by atoms with Crippen LogP contribution in [0.15, 0.2) is 30.6 Å². The van der Waals surface area contributed by atoms with Crippen molar-refractivity contribution in [3.63, 3.8) is 0 Å². The van der Waals surface area contributed by atoms with Gasteiger partial charge in [0.1, 0.15) is 0 Å². The van der Waals surface area contributed by atoms with E-state index >= 15 is 0 Å². The molecule has 2 aromatic heterocycles. The number of rotatable bonds is 6. The van der Waals surface area contributed by atoms with Crippen LogP contribution >= 0.6 is 0 Å². The molecule has 2 rings (SSSR count). The Morgan fingerprint density at radius 3 is 2.83 bits per heavy atom. The first-order chi connectivity index (χ1) is 8.79. The van der Waals surface area contributed by atoms with E-state index in [1.54, 1.807) is 11.8 Å². The van der Waals surface area contributed by atoms with Crippen LogP contribution in [0.3, 0.4) is 0 Å². The molecule has 5 heteroatoms. The van der Waals surface area contributed by atoms with Crippen LogP contribution in [-0.4, -0.2) is 35.0 Å². The van der Waals surface area contributed by atoms with Crippen LogP contribution in [0, 0.1) is 6.92 Å². The highest BCUT2D eigenvalue weighted by molar-refractivity contribution is 5.25. The molecule has 0 spiro atoms. The fourth-order valence-corrected chi connectivity index (χ4v) is 1.61. The van der Waals surface area contributed by atoms with Gasteiger partial charge in [-0.1, -0.05) is 6.07 Å². The Hall–Kier alpha value is -1.72. The van der Waals surface area contributed by atoms with Crippen molar-refractivity contribution in [2.45, 2.75) is 13.5 Å². The number of nitrogens with one attached hydrogen (secondary N) is 1. The van der Waals surface area contributed by atoms with E-state index in [1.807, 2.05) is 31.5 Å². The number of aryl methyl sites for hydroxylation is 1. The Morgan fingerprint density at radius 1 is 1.33 bits per heavy atom. The predicted molar refractivity (Wildman–Crippen MR) is 69.7 cm³/mol. The van der Waals surface area contributed by atoms with E-state index < -0.39 is 0 Å². The fourth-order valence-electron chi connectivity index (χ4n) is 1.61. The van der Waals surface area contributed by atoms with Gasteiger partial charge in [-0.15, -0.1) is 0 Å². The van der Waals surface area contributed by atoms with Gasteiger partial charge >= 0.3 is 0 Å². The number of pyridine rings is 1. The second kappa shape index (κ2) is 6.28. The van der Waals surface area contributed by atoms with Crippen molar-refractivity contribution >= 4 is 0 Å². The van der Waals surface area contributed by atoms with Crippen LogP contribution in [0.1, 0.15) is 11.3 Å². The van der Waals surface area contributed by atoms with Gasteiger partial charge in [0.05, 0.1) is 12.3 Å². The molecule has 0 aliphatic heterocycles. The molecule has 96 valence electrons. The number of hydrogen-bond donors (Lipinski definition) is 1. The van der Waals surface area contributed by atoms with E-state index in [4.69, 9.17) is 4.74 Å². The van der Waals surface area contributed by atoms with E-state index in [-0.39, 0.29) is 0 Å². The largest absolute Gasteiger partial charge is 0.383 e. The van der Waals surface area contributed by atoms with E-state index in [9.17, 15) is 0 Å². The van der Waals surface area contributed by atoms with Crippen LogP contribution in [-0.2, 0) is 11.3 Å². The van der Waals surface area contributed by atoms with Gasteiger partial charge in [-0.25, -0.2) is 9.67 Å². The molecule has 0 amide bonds. The molecule has 0 saturated carbocycles. The van der Waals surface area contributed by atoms with Gasteiger partial charge in [-0.2, -0.15) is 5.10 Å². The summed E-state index contributed by atoms with van der Waals surface area (Å²) in [7, 11) is 1.70. The lowest BCUT2D eigenvalue weighted by molar-refractivity contribution is 0.199. The predicted octanol–water partition coefficient (Wildman–Crippen LogP) is 1.31. The van der Waals surface area contributed by atoms with Gasteiger partial charge in [0, 0.05) is 32.6 Å². The summed E-state index contributed by atoms with van der Waals surface area (Å²) in [6, 6.07) is 5.99. The minimum Gasteiger partial charge on any atom is -0.383 e. The molecule has 0 unspecified atom stereocenters. The Balaban J connectivity index is 1.93. The average molecular weight is 246 g/mol. The molecule has 2 heterocycles. The normalized spacial score (nSPS) is 10.8. The molecule has 5 nitrogen and oxygen atoms in total. The number of nitrogens with zero attached hydrogens (tertiary/aromatic N) is 3. The Bertz CT molecular complexity index is 478. The standard InChI is InChI=1S/C13H18N4O/c1-11-5-7-17(16-11)13-4-3-12(10-15-13)9-14-6-8-18-2/h3-5,7,10,14H,6,8-9H2,1-2H3. The zero-order chi connectivity index (χ0) is 12.8. The van der Waals surface area contributed by atoms with Crippen molar-refractivity contribution in [2.24, 2.45) is 0 Å². The van der Waals surface area contributed by atoms with Crippen LogP contribution in [0.25, 0.3) is 5.82 Å². The molecular weight excluding hydrogens is 228 g/mol. The third-order valence-electron chi connectivity index (χ3n) is 2.58. The third-order valence-corrected chi connectivity index (χ3v) is 2.58. The first kappa shape index (κ1) is 12.7. The van der Waals surface area contributed by atoms with Gasteiger partial charge in [0.25, 0.3) is 0 Å². The van der Waals surface area contributed by atoms with Crippen LogP contribution in [0.5, 0.6) is 0 Å². The third kappa shape index (κ3) is 3.38. The average Bonchev–Trinajstić information content (AvgIpc) is 2.82. The van der Waals surface area contributed by atoms with Crippen molar-refractivity contribution in [1.82, 2.24) is 20.1 Å². The van der Waals surface area contributed by atoms with Crippen LogP contribution < -0.4 is 5.32 Å². The highest BCUT2D eigenvalue weighted by Gasteiger charge is 2.00. The molecule has 0 aliphatic rings. The van der Waals surface area contributed by atoms with E-state index in [0.717, 1.165) is 36.8 Å². The monoisotopic (exact) mass is 246 g/mol. The Kier molecular flexibility index (Phi) is 4.44. The summed E-state index contributed by atoms with van der Waals surface area (Å²) in [6.07, 6.45) is 3.78. The highest BCUT2D eigenvalue weighted by Crippen LogP contribution is 2.05. The Labute approximate surface area is 107 Å². The first-order valence-corrected chi connectivity index (χ1v) is 5.97. The fraction of sp³-hybridized carbons (Fsp3) is 0.385. The first-order valence-electron chi connectivity index (χ1n) is 5.97. The molecule has 0 radical (unpaired) electrons. The second-order valence-electron chi connectivity index (χ2n) is 4.10. The van der Waals surface area contributed by atoms with Gasteiger partial charge in [-0.3, -0.25) is 0 Å². The molecular formula is C13H18N4O. The summed E-state index contributed by atoms with van der Waals surface area (Å²) < 4.78 is 6.74. The number of aromatic nitrogens is 3. The SMILES string of the molecule is COCCNCc1ccc(-n2ccc(C)n2)nc1. The van der Waals surface area contributed by atoms with Crippen LogP contribution in [0.4, 0.5) is 0 Å². The van der Waals surface area contributed by atoms with Crippen LogP contribution in [0.2, 0.25) is 0 Å². The molecule has 0 saturated heterocycles. The summed E-state index contributed by atoms with van der Waals surface area (Å²) in [5.74, 6) is 0.837. The number of methoxy groups -OCH3 is 1. The Morgan fingerprint density at radius 2 is 2.22 bits per heavy atom. The maximum absolute atomic E-state index is 4.97. The zero-order valence-corrected chi connectivity index (χ0v) is 10.8. The summed E-state index contributed by atoms with van der Waals surface area (Å²) in [5.41, 5.74) is 2.14. The lowest BCUT2D eigenvalue weighted by Gasteiger charge is -2.05. The summed E-state index contributed by atoms with van der Waals surface area (Å²) >= 11 is 0. The van der Waals surface area contributed by atoms with Gasteiger partial charge < -0.3 is 10.1 Å². The van der Waals surface area contributed by atoms with Crippen molar-refractivity contribution in [3.8, 4) is 5.82 Å². The van der Waals surface area contributed by atoms with E-state index in [1.165, 1.54) is 0 Å². The van der Waals surface area contributed by atoms with Gasteiger partial charge in [0.15, 0.2) is 5.82 Å². The number of hydrogen-bond acceptors (Lipinski definition) is 4.